The maximum atomic E-state index is 12.8. The van der Waals surface area contributed by atoms with Crippen molar-refractivity contribution in [3.63, 3.8) is 0 Å². The minimum atomic E-state index is -0.0314. The van der Waals surface area contributed by atoms with E-state index in [0.717, 1.165) is 64.2 Å². The molecule has 2 aliphatic heterocycles. The number of hydrogen-bond donors (Lipinski definition) is 2. The second-order valence-electron chi connectivity index (χ2n) is 8.21. The first kappa shape index (κ1) is 17.8. The number of piperidine rings is 1. The first-order valence-corrected chi connectivity index (χ1v) is 9.88. The van der Waals surface area contributed by atoms with E-state index in [9.17, 15) is 4.79 Å². The van der Waals surface area contributed by atoms with Crippen LogP contribution in [0.5, 0.6) is 5.75 Å². The fourth-order valence-electron chi connectivity index (χ4n) is 4.85. The van der Waals surface area contributed by atoms with Crippen molar-refractivity contribution in [3.05, 3.63) is 29.8 Å². The number of nitrogens with one attached hydrogen (secondary N) is 2. The van der Waals surface area contributed by atoms with Crippen LogP contribution in [0.3, 0.4) is 0 Å². The first-order chi connectivity index (χ1) is 12.7. The summed E-state index contributed by atoms with van der Waals surface area (Å²) in [6.07, 6.45) is 5.24. The standard InChI is InChI=1S/C21H30N2O3/c1-25-17-4-2-16(3-5-17)21(8-12-26-13-9-21)15-23-19(24)18-14-20(18)6-10-22-11-7-20/h2-5,18,22H,6-15H2,1H3,(H,23,24). The van der Waals surface area contributed by atoms with E-state index in [-0.39, 0.29) is 22.7 Å². The molecule has 1 amide bonds. The van der Waals surface area contributed by atoms with Gasteiger partial charge in [0.15, 0.2) is 0 Å². The Morgan fingerprint density at radius 3 is 2.54 bits per heavy atom. The molecule has 3 fully saturated rings. The van der Waals surface area contributed by atoms with Gasteiger partial charge in [-0.25, -0.2) is 0 Å². The van der Waals surface area contributed by atoms with Crippen LogP contribution in [0.25, 0.3) is 0 Å². The number of hydrogen-bond acceptors (Lipinski definition) is 4. The molecule has 1 saturated carbocycles. The van der Waals surface area contributed by atoms with E-state index >= 15 is 0 Å². The zero-order valence-electron chi connectivity index (χ0n) is 15.7. The Morgan fingerprint density at radius 2 is 1.88 bits per heavy atom. The van der Waals surface area contributed by atoms with Crippen LogP contribution in [0.2, 0.25) is 0 Å². The van der Waals surface area contributed by atoms with Crippen molar-refractivity contribution in [1.82, 2.24) is 10.6 Å². The molecule has 26 heavy (non-hydrogen) atoms. The summed E-state index contributed by atoms with van der Waals surface area (Å²) in [6, 6.07) is 8.31. The molecule has 2 heterocycles. The molecule has 1 aromatic rings. The van der Waals surface area contributed by atoms with Crippen LogP contribution >= 0.6 is 0 Å². The van der Waals surface area contributed by atoms with Crippen molar-refractivity contribution in [1.29, 1.82) is 0 Å². The summed E-state index contributed by atoms with van der Waals surface area (Å²) in [4.78, 5) is 12.8. The van der Waals surface area contributed by atoms with Crippen LogP contribution in [0, 0.1) is 11.3 Å². The lowest BCUT2D eigenvalue weighted by molar-refractivity contribution is -0.123. The molecule has 4 rings (SSSR count). The lowest BCUT2D eigenvalue weighted by Gasteiger charge is -2.38. The maximum absolute atomic E-state index is 12.8. The van der Waals surface area contributed by atoms with E-state index in [1.165, 1.54) is 5.56 Å². The van der Waals surface area contributed by atoms with Gasteiger partial charge in [-0.1, -0.05) is 12.1 Å². The van der Waals surface area contributed by atoms with Gasteiger partial charge in [-0.05, 0) is 68.3 Å². The van der Waals surface area contributed by atoms with Crippen molar-refractivity contribution in [3.8, 4) is 5.75 Å². The molecule has 3 aliphatic rings. The van der Waals surface area contributed by atoms with Crippen LogP contribution in [-0.2, 0) is 14.9 Å². The van der Waals surface area contributed by atoms with Gasteiger partial charge in [0.1, 0.15) is 5.75 Å². The minimum absolute atomic E-state index is 0.0314. The number of rotatable bonds is 5. The highest BCUT2D eigenvalue weighted by Crippen LogP contribution is 2.58. The van der Waals surface area contributed by atoms with Crippen molar-refractivity contribution in [2.24, 2.45) is 11.3 Å². The van der Waals surface area contributed by atoms with Gasteiger partial charge < -0.3 is 20.1 Å². The minimum Gasteiger partial charge on any atom is -0.497 e. The zero-order chi connectivity index (χ0) is 18.0. The van der Waals surface area contributed by atoms with Gasteiger partial charge in [0, 0.05) is 31.1 Å². The van der Waals surface area contributed by atoms with Gasteiger partial charge in [-0.15, -0.1) is 0 Å². The van der Waals surface area contributed by atoms with Crippen LogP contribution in [0.1, 0.15) is 37.7 Å². The summed E-state index contributed by atoms with van der Waals surface area (Å²) in [5, 5.41) is 6.71. The number of benzene rings is 1. The smallest absolute Gasteiger partial charge is 0.223 e. The SMILES string of the molecule is COc1ccc(C2(CNC(=O)C3CC34CCNCC4)CCOCC2)cc1. The van der Waals surface area contributed by atoms with Crippen molar-refractivity contribution in [2.75, 3.05) is 40.0 Å². The van der Waals surface area contributed by atoms with E-state index in [1.54, 1.807) is 7.11 Å². The molecule has 142 valence electrons. The molecule has 1 aliphatic carbocycles. The zero-order valence-corrected chi connectivity index (χ0v) is 15.7. The molecule has 1 unspecified atom stereocenters. The quantitative estimate of drug-likeness (QED) is 0.848. The van der Waals surface area contributed by atoms with Gasteiger partial charge in [-0.3, -0.25) is 4.79 Å². The van der Waals surface area contributed by atoms with E-state index in [4.69, 9.17) is 9.47 Å². The van der Waals surface area contributed by atoms with Crippen LogP contribution in [0.4, 0.5) is 0 Å². The molecular formula is C21H30N2O3. The number of ether oxygens (including phenoxy) is 2. The molecule has 5 heteroatoms. The second-order valence-corrected chi connectivity index (χ2v) is 8.21. The number of amides is 1. The fourth-order valence-corrected chi connectivity index (χ4v) is 4.85. The van der Waals surface area contributed by atoms with Crippen molar-refractivity contribution >= 4 is 5.91 Å². The fraction of sp³-hybridized carbons (Fsp3) is 0.667. The van der Waals surface area contributed by atoms with Gasteiger partial charge in [0.25, 0.3) is 0 Å². The Balaban J connectivity index is 1.43. The highest BCUT2D eigenvalue weighted by molar-refractivity contribution is 5.82. The largest absolute Gasteiger partial charge is 0.497 e. The normalized spacial score (nSPS) is 26.3. The number of carbonyl (C=O) groups excluding carboxylic acids is 1. The molecule has 2 N–H and O–H groups in total. The summed E-state index contributed by atoms with van der Waals surface area (Å²) < 4.78 is 10.9. The average Bonchev–Trinajstić information content (AvgIpc) is 3.40. The van der Waals surface area contributed by atoms with E-state index in [2.05, 4.69) is 22.8 Å². The van der Waals surface area contributed by atoms with Gasteiger partial charge in [0.2, 0.25) is 5.91 Å². The Kier molecular flexibility index (Phi) is 4.93. The van der Waals surface area contributed by atoms with Crippen LogP contribution < -0.4 is 15.4 Å². The van der Waals surface area contributed by atoms with Crippen LogP contribution in [-0.4, -0.2) is 45.9 Å². The Labute approximate surface area is 155 Å². The lowest BCUT2D eigenvalue weighted by atomic mass is 9.74. The lowest BCUT2D eigenvalue weighted by Crippen LogP contribution is -2.45. The first-order valence-electron chi connectivity index (χ1n) is 9.88. The predicted octanol–water partition coefficient (Wildman–Crippen LogP) is 2.25. The topological polar surface area (TPSA) is 59.6 Å². The summed E-state index contributed by atoms with van der Waals surface area (Å²) >= 11 is 0. The van der Waals surface area contributed by atoms with Crippen molar-refractivity contribution < 1.29 is 14.3 Å². The molecule has 0 bridgehead atoms. The Hall–Kier alpha value is -1.59. The van der Waals surface area contributed by atoms with Crippen LogP contribution in [0.15, 0.2) is 24.3 Å². The van der Waals surface area contributed by atoms with E-state index in [1.807, 2.05) is 12.1 Å². The Morgan fingerprint density at radius 1 is 1.19 bits per heavy atom. The summed E-state index contributed by atoms with van der Waals surface area (Å²) in [7, 11) is 1.69. The molecule has 5 nitrogen and oxygen atoms in total. The third-order valence-electron chi connectivity index (χ3n) is 6.86. The molecule has 2 saturated heterocycles. The summed E-state index contributed by atoms with van der Waals surface area (Å²) in [5.74, 6) is 1.34. The molecule has 1 atom stereocenters. The second kappa shape index (κ2) is 7.20. The monoisotopic (exact) mass is 358 g/mol. The number of carbonyl (C=O) groups is 1. The third-order valence-corrected chi connectivity index (χ3v) is 6.86. The molecule has 1 aromatic carbocycles. The maximum Gasteiger partial charge on any atom is 0.223 e. The van der Waals surface area contributed by atoms with Gasteiger partial charge >= 0.3 is 0 Å². The van der Waals surface area contributed by atoms with Crippen molar-refractivity contribution in [2.45, 2.75) is 37.5 Å². The highest BCUT2D eigenvalue weighted by atomic mass is 16.5. The molecule has 1 spiro atoms. The van der Waals surface area contributed by atoms with E-state index < -0.39 is 0 Å². The Bertz CT molecular complexity index is 631. The molecule has 0 aromatic heterocycles. The average molecular weight is 358 g/mol. The van der Waals surface area contributed by atoms with Gasteiger partial charge in [-0.2, -0.15) is 0 Å². The molecular weight excluding hydrogens is 328 g/mol. The van der Waals surface area contributed by atoms with Gasteiger partial charge in [0.05, 0.1) is 7.11 Å². The highest BCUT2D eigenvalue weighted by Gasteiger charge is 2.57. The predicted molar refractivity (Wildman–Crippen MR) is 100 cm³/mol. The molecule has 0 radical (unpaired) electrons. The van der Waals surface area contributed by atoms with E-state index in [0.29, 0.717) is 6.54 Å². The summed E-state index contributed by atoms with van der Waals surface area (Å²) in [5.41, 5.74) is 1.53. The summed E-state index contributed by atoms with van der Waals surface area (Å²) in [6.45, 7) is 4.31. The third kappa shape index (κ3) is 3.35. The number of methoxy groups -OCH3 is 1.